The molecule has 0 fully saturated rings. The van der Waals surface area contributed by atoms with Gasteiger partial charge in [-0.3, -0.25) is 4.79 Å². The number of hydrogen-bond acceptors (Lipinski definition) is 4. The smallest absolute Gasteiger partial charge is 0.244 e. The van der Waals surface area contributed by atoms with Gasteiger partial charge < -0.3 is 11.1 Å². The molecule has 0 bridgehead atoms. The Bertz CT molecular complexity index is 281. The van der Waals surface area contributed by atoms with Gasteiger partial charge in [-0.25, -0.2) is 9.67 Å². The SMILES string of the molecule is CNC(=O)C(C)n1cnc(N)n1. The fourth-order valence-electron chi connectivity index (χ4n) is 0.804. The van der Waals surface area contributed by atoms with Crippen LogP contribution in [0.5, 0.6) is 0 Å². The molecule has 0 saturated carbocycles. The molecular weight excluding hydrogens is 158 g/mol. The number of nitrogens with one attached hydrogen (secondary N) is 1. The van der Waals surface area contributed by atoms with Crippen molar-refractivity contribution >= 4 is 11.9 Å². The van der Waals surface area contributed by atoms with E-state index in [1.165, 1.54) is 11.0 Å². The fourth-order valence-corrected chi connectivity index (χ4v) is 0.804. The molecular formula is C6H11N5O. The zero-order valence-corrected chi connectivity index (χ0v) is 6.98. The van der Waals surface area contributed by atoms with Gasteiger partial charge in [-0.2, -0.15) is 0 Å². The van der Waals surface area contributed by atoms with Crippen molar-refractivity contribution in [3.8, 4) is 0 Å². The van der Waals surface area contributed by atoms with Crippen molar-refractivity contribution in [2.75, 3.05) is 12.8 Å². The predicted molar refractivity (Wildman–Crippen MR) is 43.2 cm³/mol. The van der Waals surface area contributed by atoms with Gasteiger partial charge in [-0.15, -0.1) is 5.10 Å². The molecule has 0 radical (unpaired) electrons. The molecule has 0 aliphatic rings. The Morgan fingerprint density at radius 1 is 1.83 bits per heavy atom. The number of amides is 1. The number of hydrogen-bond donors (Lipinski definition) is 2. The third-order valence-corrected chi connectivity index (χ3v) is 1.55. The van der Waals surface area contributed by atoms with E-state index in [9.17, 15) is 4.79 Å². The van der Waals surface area contributed by atoms with E-state index in [1.807, 2.05) is 0 Å². The van der Waals surface area contributed by atoms with E-state index in [-0.39, 0.29) is 17.9 Å². The Morgan fingerprint density at radius 3 is 2.92 bits per heavy atom. The van der Waals surface area contributed by atoms with Crippen LogP contribution in [-0.2, 0) is 4.79 Å². The second kappa shape index (κ2) is 3.21. The first-order valence-corrected chi connectivity index (χ1v) is 3.53. The average Bonchev–Trinajstić information content (AvgIpc) is 2.49. The Balaban J connectivity index is 2.77. The van der Waals surface area contributed by atoms with E-state index >= 15 is 0 Å². The lowest BCUT2D eigenvalue weighted by molar-refractivity contribution is -0.123. The van der Waals surface area contributed by atoms with Crippen LogP contribution in [0.15, 0.2) is 6.33 Å². The summed E-state index contributed by atoms with van der Waals surface area (Å²) >= 11 is 0. The van der Waals surface area contributed by atoms with Crippen LogP contribution in [0.2, 0.25) is 0 Å². The van der Waals surface area contributed by atoms with E-state index in [2.05, 4.69) is 15.4 Å². The first kappa shape index (κ1) is 8.51. The van der Waals surface area contributed by atoms with Crippen molar-refractivity contribution in [2.24, 2.45) is 0 Å². The second-order valence-corrected chi connectivity index (χ2v) is 2.37. The van der Waals surface area contributed by atoms with Crippen molar-refractivity contribution in [2.45, 2.75) is 13.0 Å². The minimum Gasteiger partial charge on any atom is -0.367 e. The summed E-state index contributed by atoms with van der Waals surface area (Å²) in [6, 6.07) is -0.375. The molecule has 1 aromatic rings. The summed E-state index contributed by atoms with van der Waals surface area (Å²) in [5.74, 6) is 0.0469. The van der Waals surface area contributed by atoms with Crippen LogP contribution in [-0.4, -0.2) is 27.7 Å². The summed E-state index contributed by atoms with van der Waals surface area (Å²) in [5.41, 5.74) is 5.28. The lowest BCUT2D eigenvalue weighted by Crippen LogP contribution is -2.28. The first-order chi connectivity index (χ1) is 5.65. The molecule has 1 amide bonds. The van der Waals surface area contributed by atoms with Crippen molar-refractivity contribution < 1.29 is 4.79 Å². The molecule has 1 heterocycles. The highest BCUT2D eigenvalue weighted by atomic mass is 16.2. The predicted octanol–water partition coefficient (Wildman–Crippen LogP) is -0.833. The highest BCUT2D eigenvalue weighted by Crippen LogP contribution is 2.03. The van der Waals surface area contributed by atoms with Crippen molar-refractivity contribution in [3.05, 3.63) is 6.33 Å². The molecule has 6 heteroatoms. The van der Waals surface area contributed by atoms with Crippen molar-refractivity contribution in [3.63, 3.8) is 0 Å². The number of rotatable bonds is 2. The molecule has 1 aromatic heterocycles. The summed E-state index contributed by atoms with van der Waals surface area (Å²) in [4.78, 5) is 14.8. The number of carbonyl (C=O) groups excluding carboxylic acids is 1. The molecule has 0 aromatic carbocycles. The summed E-state index contributed by atoms with van der Waals surface area (Å²) in [5, 5.41) is 6.31. The van der Waals surface area contributed by atoms with E-state index in [0.717, 1.165) is 0 Å². The Labute approximate surface area is 69.8 Å². The monoisotopic (exact) mass is 169 g/mol. The number of nitrogen functional groups attached to an aromatic ring is 1. The first-order valence-electron chi connectivity index (χ1n) is 3.53. The van der Waals surface area contributed by atoms with Gasteiger partial charge in [0.25, 0.3) is 0 Å². The third kappa shape index (κ3) is 1.52. The van der Waals surface area contributed by atoms with E-state index < -0.39 is 0 Å². The fraction of sp³-hybridized carbons (Fsp3) is 0.500. The zero-order valence-electron chi connectivity index (χ0n) is 6.98. The molecule has 12 heavy (non-hydrogen) atoms. The molecule has 0 saturated heterocycles. The van der Waals surface area contributed by atoms with Crippen LogP contribution < -0.4 is 11.1 Å². The van der Waals surface area contributed by atoms with Gasteiger partial charge in [0.05, 0.1) is 0 Å². The largest absolute Gasteiger partial charge is 0.367 e. The molecule has 3 N–H and O–H groups in total. The number of carbonyl (C=O) groups is 1. The van der Waals surface area contributed by atoms with E-state index in [1.54, 1.807) is 14.0 Å². The van der Waals surface area contributed by atoms with Crippen LogP contribution in [0.3, 0.4) is 0 Å². The minimum atomic E-state index is -0.375. The molecule has 1 unspecified atom stereocenters. The van der Waals surface area contributed by atoms with E-state index in [0.29, 0.717) is 0 Å². The number of nitrogens with two attached hydrogens (primary N) is 1. The zero-order chi connectivity index (χ0) is 9.14. The standard InChI is InChI=1S/C6H11N5O/c1-4(5(12)8-2)11-3-9-6(7)10-11/h3-4H,1-2H3,(H2,7,10)(H,8,12). The number of anilines is 1. The minimum absolute atomic E-state index is 0.125. The molecule has 0 aliphatic carbocycles. The average molecular weight is 169 g/mol. The van der Waals surface area contributed by atoms with Crippen molar-refractivity contribution in [1.29, 1.82) is 0 Å². The topological polar surface area (TPSA) is 85.8 Å². The second-order valence-electron chi connectivity index (χ2n) is 2.37. The van der Waals surface area contributed by atoms with Crippen LogP contribution >= 0.6 is 0 Å². The van der Waals surface area contributed by atoms with Gasteiger partial charge in [0.2, 0.25) is 11.9 Å². The highest BCUT2D eigenvalue weighted by Gasteiger charge is 2.13. The van der Waals surface area contributed by atoms with Gasteiger partial charge in [-0.1, -0.05) is 0 Å². The van der Waals surface area contributed by atoms with E-state index in [4.69, 9.17) is 5.73 Å². The maximum Gasteiger partial charge on any atom is 0.244 e. The van der Waals surface area contributed by atoms with Gasteiger partial charge in [-0.05, 0) is 6.92 Å². The third-order valence-electron chi connectivity index (χ3n) is 1.55. The highest BCUT2D eigenvalue weighted by molar-refractivity contribution is 5.79. The summed E-state index contributed by atoms with van der Waals surface area (Å²) in [6.07, 6.45) is 1.43. The number of nitrogens with zero attached hydrogens (tertiary/aromatic N) is 3. The summed E-state index contributed by atoms with van der Waals surface area (Å²) in [7, 11) is 1.57. The van der Waals surface area contributed by atoms with Gasteiger partial charge in [0.15, 0.2) is 0 Å². The number of aromatic nitrogens is 3. The van der Waals surface area contributed by atoms with Crippen LogP contribution in [0.1, 0.15) is 13.0 Å². The maximum atomic E-state index is 11.1. The molecule has 6 nitrogen and oxygen atoms in total. The Morgan fingerprint density at radius 2 is 2.50 bits per heavy atom. The maximum absolute atomic E-state index is 11.1. The van der Waals surface area contributed by atoms with Gasteiger partial charge >= 0.3 is 0 Å². The Kier molecular flexibility index (Phi) is 2.27. The summed E-state index contributed by atoms with van der Waals surface area (Å²) in [6.45, 7) is 1.72. The van der Waals surface area contributed by atoms with Gasteiger partial charge in [0.1, 0.15) is 12.4 Å². The number of likely N-dealkylation sites (N-methyl/N-ethyl adjacent to an activating group) is 1. The van der Waals surface area contributed by atoms with Gasteiger partial charge in [0, 0.05) is 7.05 Å². The quantitative estimate of drug-likeness (QED) is 0.605. The molecule has 0 spiro atoms. The molecule has 1 rings (SSSR count). The lowest BCUT2D eigenvalue weighted by Gasteiger charge is -2.08. The van der Waals surface area contributed by atoms with Crippen LogP contribution in [0.25, 0.3) is 0 Å². The Hall–Kier alpha value is -1.59. The van der Waals surface area contributed by atoms with Crippen molar-refractivity contribution in [1.82, 2.24) is 20.1 Å². The lowest BCUT2D eigenvalue weighted by atomic mass is 10.3. The van der Waals surface area contributed by atoms with Crippen LogP contribution in [0, 0.1) is 0 Å². The molecule has 0 aliphatic heterocycles. The summed E-state index contributed by atoms with van der Waals surface area (Å²) < 4.78 is 1.41. The van der Waals surface area contributed by atoms with Crippen LogP contribution in [0.4, 0.5) is 5.95 Å². The molecule has 1 atom stereocenters. The normalized spacial score (nSPS) is 12.5. The molecule has 66 valence electrons.